The van der Waals surface area contributed by atoms with E-state index in [1.807, 2.05) is 39.0 Å². The van der Waals surface area contributed by atoms with Crippen molar-refractivity contribution in [2.45, 2.75) is 44.8 Å². The zero-order chi connectivity index (χ0) is 14.1. The minimum absolute atomic E-state index is 0.112. The first-order valence-electron chi connectivity index (χ1n) is 6.79. The van der Waals surface area contributed by atoms with Crippen molar-refractivity contribution in [1.82, 2.24) is 0 Å². The third-order valence-corrected chi connectivity index (χ3v) is 4.17. The Morgan fingerprint density at radius 1 is 1.32 bits per heavy atom. The number of aryl methyl sites for hydroxylation is 1. The van der Waals surface area contributed by atoms with Crippen LogP contribution in [0.5, 0.6) is 0 Å². The molecule has 0 bridgehead atoms. The third kappa shape index (κ3) is 2.27. The smallest absolute Gasteiger partial charge is 0.341 e. The van der Waals surface area contributed by atoms with Gasteiger partial charge in [-0.2, -0.15) is 0 Å². The Kier molecular flexibility index (Phi) is 3.68. The predicted molar refractivity (Wildman–Crippen MR) is 73.8 cm³/mol. The molecule has 2 rings (SSSR count). The van der Waals surface area contributed by atoms with Crippen LogP contribution < -0.4 is 0 Å². The van der Waals surface area contributed by atoms with E-state index in [9.17, 15) is 4.79 Å². The lowest BCUT2D eigenvalue weighted by Crippen LogP contribution is -2.39. The molecule has 0 aliphatic carbocycles. The number of rotatable bonds is 5. The lowest BCUT2D eigenvalue weighted by atomic mass is 9.81. The van der Waals surface area contributed by atoms with E-state index in [1.54, 1.807) is 0 Å². The van der Waals surface area contributed by atoms with Crippen LogP contribution in [0.25, 0.3) is 0 Å². The summed E-state index contributed by atoms with van der Waals surface area (Å²) >= 11 is 0. The molecule has 1 fully saturated rings. The molecule has 1 aliphatic heterocycles. The summed E-state index contributed by atoms with van der Waals surface area (Å²) in [6, 6.07) is 10.3. The summed E-state index contributed by atoms with van der Waals surface area (Å²) in [5.74, 6) is -0.140. The van der Waals surface area contributed by atoms with Crippen LogP contribution in [0, 0.1) is 5.92 Å². The largest absolute Gasteiger partial charge is 0.467 e. The van der Waals surface area contributed by atoms with Crippen molar-refractivity contribution >= 4 is 5.97 Å². The van der Waals surface area contributed by atoms with Crippen molar-refractivity contribution in [1.29, 1.82) is 0 Å². The highest BCUT2D eigenvalue weighted by Gasteiger charge is 2.73. The molecule has 1 aromatic carbocycles. The number of ether oxygens (including phenoxy) is 2. The monoisotopic (exact) mass is 262 g/mol. The number of hydrogen-bond acceptors (Lipinski definition) is 3. The molecule has 1 heterocycles. The van der Waals surface area contributed by atoms with Crippen molar-refractivity contribution in [3.63, 3.8) is 0 Å². The SMILES string of the molecule is COC(=O)C1(C(C)C)OC1(C)CCc1ccccc1. The molecule has 0 radical (unpaired) electrons. The Balaban J connectivity index is 2.07. The van der Waals surface area contributed by atoms with Crippen molar-refractivity contribution < 1.29 is 14.3 Å². The second-order valence-electron chi connectivity index (χ2n) is 5.70. The summed E-state index contributed by atoms with van der Waals surface area (Å²) in [7, 11) is 1.42. The number of esters is 1. The Bertz CT molecular complexity index is 454. The topological polar surface area (TPSA) is 38.8 Å². The van der Waals surface area contributed by atoms with Crippen LogP contribution >= 0.6 is 0 Å². The van der Waals surface area contributed by atoms with Crippen molar-refractivity contribution in [2.24, 2.45) is 5.92 Å². The van der Waals surface area contributed by atoms with E-state index >= 15 is 0 Å². The zero-order valence-corrected chi connectivity index (χ0v) is 12.1. The second-order valence-corrected chi connectivity index (χ2v) is 5.70. The lowest BCUT2D eigenvalue weighted by Gasteiger charge is -2.18. The van der Waals surface area contributed by atoms with E-state index in [1.165, 1.54) is 12.7 Å². The van der Waals surface area contributed by atoms with Gasteiger partial charge in [0, 0.05) is 0 Å². The molecule has 1 saturated heterocycles. The Labute approximate surface area is 114 Å². The molecule has 104 valence electrons. The number of benzene rings is 1. The molecule has 19 heavy (non-hydrogen) atoms. The average Bonchev–Trinajstić information content (AvgIpc) is 3.05. The first-order chi connectivity index (χ1) is 8.96. The molecule has 0 N–H and O–H groups in total. The van der Waals surface area contributed by atoms with E-state index < -0.39 is 11.2 Å². The molecular weight excluding hydrogens is 240 g/mol. The summed E-state index contributed by atoms with van der Waals surface area (Å²) in [5.41, 5.74) is 0.0856. The summed E-state index contributed by atoms with van der Waals surface area (Å²) in [4.78, 5) is 12.0. The van der Waals surface area contributed by atoms with Gasteiger partial charge in [-0.15, -0.1) is 0 Å². The van der Waals surface area contributed by atoms with Gasteiger partial charge in [0.25, 0.3) is 0 Å². The van der Waals surface area contributed by atoms with Gasteiger partial charge >= 0.3 is 5.97 Å². The van der Waals surface area contributed by atoms with Gasteiger partial charge in [0.2, 0.25) is 0 Å². The lowest BCUT2D eigenvalue weighted by molar-refractivity contribution is -0.148. The van der Waals surface area contributed by atoms with E-state index in [-0.39, 0.29) is 11.9 Å². The first-order valence-corrected chi connectivity index (χ1v) is 6.79. The van der Waals surface area contributed by atoms with Gasteiger partial charge in [-0.25, -0.2) is 4.79 Å². The van der Waals surface area contributed by atoms with Crippen molar-refractivity contribution in [3.05, 3.63) is 35.9 Å². The third-order valence-electron chi connectivity index (χ3n) is 4.17. The van der Waals surface area contributed by atoms with Crippen LogP contribution in [-0.4, -0.2) is 24.3 Å². The van der Waals surface area contributed by atoms with Crippen LogP contribution in [0.4, 0.5) is 0 Å². The molecule has 1 aliphatic rings. The quantitative estimate of drug-likeness (QED) is 0.605. The molecule has 0 saturated carbocycles. The van der Waals surface area contributed by atoms with Crippen molar-refractivity contribution in [2.75, 3.05) is 7.11 Å². The second kappa shape index (κ2) is 4.97. The highest BCUT2D eigenvalue weighted by molar-refractivity contribution is 5.85. The molecule has 3 heteroatoms. The zero-order valence-electron chi connectivity index (χ0n) is 12.1. The summed E-state index contributed by atoms with van der Waals surface area (Å²) in [5, 5.41) is 0. The van der Waals surface area contributed by atoms with Gasteiger partial charge in [0.05, 0.1) is 7.11 Å². The standard InChI is InChI=1S/C16H22O3/c1-12(2)16(14(17)18-4)15(3,19-16)11-10-13-8-6-5-7-9-13/h5-9,12H,10-11H2,1-4H3. The minimum Gasteiger partial charge on any atom is -0.467 e. The number of hydrogen-bond donors (Lipinski definition) is 0. The Morgan fingerprint density at radius 3 is 2.47 bits per heavy atom. The number of carbonyl (C=O) groups excluding carboxylic acids is 1. The van der Waals surface area contributed by atoms with Crippen molar-refractivity contribution in [3.8, 4) is 0 Å². The highest BCUT2D eigenvalue weighted by Crippen LogP contribution is 2.55. The molecule has 2 atom stereocenters. The van der Waals surface area contributed by atoms with Crippen LogP contribution in [0.3, 0.4) is 0 Å². The van der Waals surface area contributed by atoms with Gasteiger partial charge in [-0.1, -0.05) is 44.2 Å². The molecule has 0 amide bonds. The maximum absolute atomic E-state index is 12.0. The van der Waals surface area contributed by atoms with Crippen LogP contribution in [0.2, 0.25) is 0 Å². The maximum atomic E-state index is 12.0. The van der Waals surface area contributed by atoms with Gasteiger partial charge in [-0.05, 0) is 31.2 Å². The van der Waals surface area contributed by atoms with Gasteiger partial charge < -0.3 is 9.47 Å². The fourth-order valence-electron chi connectivity index (χ4n) is 2.97. The minimum atomic E-state index is -0.767. The number of carbonyl (C=O) groups is 1. The normalized spacial score (nSPS) is 29.3. The van der Waals surface area contributed by atoms with E-state index in [2.05, 4.69) is 12.1 Å². The average molecular weight is 262 g/mol. The summed E-state index contributed by atoms with van der Waals surface area (Å²) < 4.78 is 10.8. The molecule has 0 aromatic heterocycles. The van der Waals surface area contributed by atoms with Gasteiger partial charge in [-0.3, -0.25) is 0 Å². The Hall–Kier alpha value is -1.35. The molecule has 3 nitrogen and oxygen atoms in total. The van der Waals surface area contributed by atoms with Crippen LogP contribution in [-0.2, 0) is 20.7 Å². The van der Waals surface area contributed by atoms with Crippen LogP contribution in [0.1, 0.15) is 32.8 Å². The highest BCUT2D eigenvalue weighted by atomic mass is 16.7. The van der Waals surface area contributed by atoms with E-state index in [0.717, 1.165) is 12.8 Å². The summed E-state index contributed by atoms with van der Waals surface area (Å²) in [6.45, 7) is 6.02. The van der Waals surface area contributed by atoms with Crippen LogP contribution in [0.15, 0.2) is 30.3 Å². The Morgan fingerprint density at radius 2 is 1.95 bits per heavy atom. The fraction of sp³-hybridized carbons (Fsp3) is 0.562. The molecule has 2 unspecified atom stereocenters. The fourth-order valence-corrected chi connectivity index (χ4v) is 2.97. The van der Waals surface area contributed by atoms with Gasteiger partial charge in [0.1, 0.15) is 5.60 Å². The molecule has 1 aromatic rings. The number of methoxy groups -OCH3 is 1. The number of epoxide rings is 1. The molecule has 0 spiro atoms. The van der Waals surface area contributed by atoms with E-state index in [4.69, 9.17) is 9.47 Å². The summed E-state index contributed by atoms with van der Waals surface area (Å²) in [6.07, 6.45) is 1.73. The predicted octanol–water partition coefficient (Wildman–Crippen LogP) is 2.98. The molecular formula is C16H22O3. The van der Waals surface area contributed by atoms with E-state index in [0.29, 0.717) is 0 Å². The van der Waals surface area contributed by atoms with Gasteiger partial charge in [0.15, 0.2) is 5.60 Å². The maximum Gasteiger partial charge on any atom is 0.341 e. The first kappa shape index (κ1) is 14.1.